The number of hydrogen-bond acceptors (Lipinski definition) is 4. The molecule has 0 spiro atoms. The highest BCUT2D eigenvalue weighted by Gasteiger charge is 2.09. The Hall–Kier alpha value is -2.60. The van der Waals surface area contributed by atoms with Gasteiger partial charge in [0.1, 0.15) is 5.75 Å². The lowest BCUT2D eigenvalue weighted by Crippen LogP contribution is -2.25. The Morgan fingerprint density at radius 2 is 2.00 bits per heavy atom. The summed E-state index contributed by atoms with van der Waals surface area (Å²) in [6.07, 6.45) is 1.68. The molecule has 0 aliphatic heterocycles. The van der Waals surface area contributed by atoms with Gasteiger partial charge in [0, 0.05) is 17.2 Å². The molecule has 6 nitrogen and oxygen atoms in total. The maximum absolute atomic E-state index is 11.5. The minimum absolute atomic E-state index is 0.0652. The maximum Gasteiger partial charge on any atom is 0.372 e. The zero-order valence-electron chi connectivity index (χ0n) is 11.0. The van der Waals surface area contributed by atoms with Crippen LogP contribution in [0, 0.1) is 0 Å². The van der Waals surface area contributed by atoms with Crippen LogP contribution < -0.4 is 15.5 Å². The fraction of sp³-hybridized carbons (Fsp3) is 0.0714. The van der Waals surface area contributed by atoms with Crippen LogP contribution in [0.5, 0.6) is 5.75 Å². The normalized spacial score (nSPS) is 11.0. The molecule has 108 valence electrons. The molecule has 1 aromatic heterocycles. The Morgan fingerprint density at radius 3 is 2.67 bits per heavy atom. The summed E-state index contributed by atoms with van der Waals surface area (Å²) in [5.41, 5.74) is 6.20. The SMILES string of the molecule is NC(=NOC(=O)COc1ccc(Cl)cc1)c1cccc[nH+]1. The van der Waals surface area contributed by atoms with Crippen molar-refractivity contribution in [2.24, 2.45) is 10.9 Å². The minimum Gasteiger partial charge on any atom is -0.482 e. The van der Waals surface area contributed by atoms with E-state index in [4.69, 9.17) is 22.1 Å². The van der Waals surface area contributed by atoms with Gasteiger partial charge in [0.25, 0.3) is 0 Å². The van der Waals surface area contributed by atoms with E-state index in [0.29, 0.717) is 16.5 Å². The number of benzene rings is 1. The van der Waals surface area contributed by atoms with E-state index in [0.717, 1.165) is 0 Å². The van der Waals surface area contributed by atoms with Gasteiger partial charge in [-0.1, -0.05) is 16.8 Å². The first-order valence-electron chi connectivity index (χ1n) is 6.04. The van der Waals surface area contributed by atoms with Gasteiger partial charge >= 0.3 is 5.97 Å². The molecule has 1 heterocycles. The first-order chi connectivity index (χ1) is 10.1. The van der Waals surface area contributed by atoms with Crippen molar-refractivity contribution >= 4 is 23.4 Å². The van der Waals surface area contributed by atoms with Gasteiger partial charge in [-0.25, -0.2) is 9.78 Å². The molecule has 0 fully saturated rings. The lowest BCUT2D eigenvalue weighted by Gasteiger charge is -2.03. The number of rotatable bonds is 5. The highest BCUT2D eigenvalue weighted by Crippen LogP contribution is 2.15. The van der Waals surface area contributed by atoms with Gasteiger partial charge in [-0.3, -0.25) is 0 Å². The maximum atomic E-state index is 11.5. The summed E-state index contributed by atoms with van der Waals surface area (Å²) < 4.78 is 5.21. The summed E-state index contributed by atoms with van der Waals surface area (Å²) in [4.78, 5) is 19.0. The number of aromatic nitrogens is 1. The molecule has 3 N–H and O–H groups in total. The topological polar surface area (TPSA) is 88.1 Å². The molecule has 0 aliphatic rings. The van der Waals surface area contributed by atoms with Gasteiger partial charge in [0.15, 0.2) is 12.8 Å². The molecule has 0 amide bonds. The number of aromatic amines is 1. The summed E-state index contributed by atoms with van der Waals surface area (Å²) in [6, 6.07) is 11.9. The molecular formula is C14H13ClN3O3+. The fourth-order valence-corrected chi connectivity index (χ4v) is 1.53. The first kappa shape index (κ1) is 14.8. The number of pyridine rings is 1. The highest BCUT2D eigenvalue weighted by molar-refractivity contribution is 6.30. The molecule has 0 saturated heterocycles. The molecule has 21 heavy (non-hydrogen) atoms. The number of hydrogen-bond donors (Lipinski definition) is 1. The third-order valence-electron chi connectivity index (χ3n) is 2.40. The Morgan fingerprint density at radius 1 is 1.24 bits per heavy atom. The second kappa shape index (κ2) is 7.25. The molecule has 2 aromatic rings. The van der Waals surface area contributed by atoms with Gasteiger partial charge in [-0.05, 0) is 30.3 Å². The number of ether oxygens (including phenoxy) is 1. The van der Waals surface area contributed by atoms with Crippen LogP contribution in [0.15, 0.2) is 53.8 Å². The van der Waals surface area contributed by atoms with Gasteiger partial charge in [0.05, 0.1) is 0 Å². The standard InChI is InChI=1S/C14H12ClN3O3/c15-10-4-6-11(7-5-10)20-9-13(19)21-18-14(16)12-3-1-2-8-17-12/h1-8H,9H2,(H2,16,18)/p+1. The largest absolute Gasteiger partial charge is 0.482 e. The number of nitrogens with zero attached hydrogens (tertiary/aromatic N) is 1. The average Bonchev–Trinajstić information content (AvgIpc) is 2.53. The quantitative estimate of drug-likeness (QED) is 0.391. The van der Waals surface area contributed by atoms with E-state index in [1.165, 1.54) is 0 Å². The lowest BCUT2D eigenvalue weighted by molar-refractivity contribution is -0.380. The van der Waals surface area contributed by atoms with Gasteiger partial charge in [-0.15, -0.1) is 0 Å². The number of H-pyrrole nitrogens is 1. The van der Waals surface area contributed by atoms with Crippen molar-refractivity contribution in [3.8, 4) is 5.75 Å². The predicted molar refractivity (Wildman–Crippen MR) is 76.8 cm³/mol. The van der Waals surface area contributed by atoms with Gasteiger partial charge < -0.3 is 15.3 Å². The highest BCUT2D eigenvalue weighted by atomic mass is 35.5. The molecule has 0 atom stereocenters. The van der Waals surface area contributed by atoms with E-state index in [-0.39, 0.29) is 12.4 Å². The summed E-state index contributed by atoms with van der Waals surface area (Å²) in [5.74, 6) is -0.0935. The van der Waals surface area contributed by atoms with Crippen molar-refractivity contribution < 1.29 is 19.4 Å². The van der Waals surface area contributed by atoms with Crippen molar-refractivity contribution in [3.05, 3.63) is 59.4 Å². The Kier molecular flexibility index (Phi) is 5.11. The molecule has 0 aliphatic carbocycles. The Labute approximate surface area is 126 Å². The number of halogens is 1. The van der Waals surface area contributed by atoms with Crippen LogP contribution in [0.25, 0.3) is 0 Å². The van der Waals surface area contributed by atoms with Crippen LogP contribution in [-0.2, 0) is 9.63 Å². The van der Waals surface area contributed by atoms with E-state index in [2.05, 4.69) is 15.0 Å². The monoisotopic (exact) mass is 306 g/mol. The predicted octanol–water partition coefficient (Wildman–Crippen LogP) is 1.40. The van der Waals surface area contributed by atoms with Gasteiger partial charge in [0.2, 0.25) is 11.5 Å². The van der Waals surface area contributed by atoms with Crippen LogP contribution in [0.3, 0.4) is 0 Å². The van der Waals surface area contributed by atoms with Crippen LogP contribution >= 0.6 is 11.6 Å². The van der Waals surface area contributed by atoms with Crippen molar-refractivity contribution in [2.75, 3.05) is 6.61 Å². The summed E-state index contributed by atoms with van der Waals surface area (Å²) in [5, 5.41) is 4.12. The molecule has 0 radical (unpaired) electrons. The number of oxime groups is 1. The number of nitrogens with one attached hydrogen (secondary N) is 1. The van der Waals surface area contributed by atoms with E-state index in [1.807, 2.05) is 0 Å². The number of carbonyl (C=O) groups is 1. The van der Waals surface area contributed by atoms with Gasteiger partial charge in [-0.2, -0.15) is 0 Å². The third kappa shape index (κ3) is 4.77. The second-order valence-electron chi connectivity index (χ2n) is 3.96. The summed E-state index contributed by atoms with van der Waals surface area (Å²) >= 11 is 5.74. The molecular weight excluding hydrogens is 294 g/mol. The van der Waals surface area contributed by atoms with E-state index < -0.39 is 5.97 Å². The Balaban J connectivity index is 1.83. The zero-order chi connectivity index (χ0) is 15.1. The smallest absolute Gasteiger partial charge is 0.372 e. The lowest BCUT2D eigenvalue weighted by atomic mass is 10.3. The summed E-state index contributed by atoms with van der Waals surface area (Å²) in [7, 11) is 0. The second-order valence-corrected chi connectivity index (χ2v) is 4.40. The minimum atomic E-state index is -0.663. The van der Waals surface area contributed by atoms with Crippen molar-refractivity contribution in [1.82, 2.24) is 0 Å². The molecule has 1 aromatic carbocycles. The van der Waals surface area contributed by atoms with E-state index >= 15 is 0 Å². The zero-order valence-corrected chi connectivity index (χ0v) is 11.7. The number of nitrogens with two attached hydrogens (primary N) is 1. The van der Waals surface area contributed by atoms with Crippen LogP contribution in [-0.4, -0.2) is 18.4 Å². The van der Waals surface area contributed by atoms with E-state index in [1.54, 1.807) is 48.7 Å². The molecule has 7 heteroatoms. The molecule has 0 bridgehead atoms. The van der Waals surface area contributed by atoms with Crippen LogP contribution in [0.4, 0.5) is 0 Å². The van der Waals surface area contributed by atoms with Crippen molar-refractivity contribution in [1.29, 1.82) is 0 Å². The number of carbonyl (C=O) groups excluding carboxylic acids is 1. The van der Waals surface area contributed by atoms with Crippen molar-refractivity contribution in [2.45, 2.75) is 0 Å². The summed E-state index contributed by atoms with van der Waals surface area (Å²) in [6.45, 7) is -0.281. The fourth-order valence-electron chi connectivity index (χ4n) is 1.40. The molecule has 0 saturated carbocycles. The first-order valence-corrected chi connectivity index (χ1v) is 6.42. The Bertz CT molecular complexity index is 630. The van der Waals surface area contributed by atoms with Crippen LogP contribution in [0.1, 0.15) is 5.69 Å². The molecule has 2 rings (SSSR count). The average molecular weight is 307 g/mol. The number of amidine groups is 1. The van der Waals surface area contributed by atoms with Crippen molar-refractivity contribution in [3.63, 3.8) is 0 Å². The third-order valence-corrected chi connectivity index (χ3v) is 2.65. The molecule has 0 unspecified atom stereocenters. The van der Waals surface area contributed by atoms with Crippen LogP contribution in [0.2, 0.25) is 5.02 Å². The van der Waals surface area contributed by atoms with E-state index in [9.17, 15) is 4.79 Å².